The van der Waals surface area contributed by atoms with E-state index in [1.807, 2.05) is 13.0 Å². The molecule has 0 aliphatic rings. The largest absolute Gasteiger partial charge is 0.437 e. The van der Waals surface area contributed by atoms with Crippen molar-refractivity contribution in [3.63, 3.8) is 0 Å². The van der Waals surface area contributed by atoms with Gasteiger partial charge in [-0.15, -0.1) is 0 Å². The normalized spacial score (nSPS) is 11.7. The highest BCUT2D eigenvalue weighted by molar-refractivity contribution is 5.73. The second-order valence-corrected chi connectivity index (χ2v) is 4.02. The first kappa shape index (κ1) is 9.39. The Labute approximate surface area is 93.1 Å². The molecule has 0 unspecified atom stereocenters. The van der Waals surface area contributed by atoms with Crippen LogP contribution in [0.3, 0.4) is 0 Å². The first-order valence-corrected chi connectivity index (χ1v) is 5.47. The first-order chi connectivity index (χ1) is 7.70. The Kier molecular flexibility index (Phi) is 1.80. The topological polar surface area (TPSA) is 34.3 Å². The van der Waals surface area contributed by atoms with Crippen LogP contribution >= 0.6 is 0 Å². The summed E-state index contributed by atoms with van der Waals surface area (Å²) in [5.41, 5.74) is 2.91. The highest BCUT2D eigenvalue weighted by Gasteiger charge is 2.19. The maximum absolute atomic E-state index is 5.54. The molecule has 82 valence electrons. The lowest BCUT2D eigenvalue weighted by atomic mass is 10.4. The molecule has 3 rings (SSSR count). The molecule has 3 aromatic heterocycles. The molecular formula is C12H14N3O+. The Hall–Kier alpha value is -1.84. The van der Waals surface area contributed by atoms with Gasteiger partial charge in [0.25, 0.3) is 11.5 Å². The number of pyridine rings is 1. The van der Waals surface area contributed by atoms with E-state index in [0.29, 0.717) is 5.89 Å². The zero-order chi connectivity index (χ0) is 11.3. The van der Waals surface area contributed by atoms with E-state index in [2.05, 4.69) is 40.2 Å². The quantitative estimate of drug-likeness (QED) is 0.581. The van der Waals surface area contributed by atoms with Gasteiger partial charge in [-0.3, -0.25) is 0 Å². The van der Waals surface area contributed by atoms with Gasteiger partial charge < -0.3 is 4.42 Å². The van der Waals surface area contributed by atoms with Crippen LogP contribution in [0.5, 0.6) is 0 Å². The minimum absolute atomic E-state index is 0.709. The van der Waals surface area contributed by atoms with Crippen molar-refractivity contribution in [2.45, 2.75) is 20.3 Å². The summed E-state index contributed by atoms with van der Waals surface area (Å²) in [4.78, 5) is 4.45. The van der Waals surface area contributed by atoms with E-state index < -0.39 is 0 Å². The molecule has 0 bridgehead atoms. The zero-order valence-corrected chi connectivity index (χ0v) is 9.69. The van der Waals surface area contributed by atoms with E-state index in [9.17, 15) is 0 Å². The molecule has 3 heterocycles. The van der Waals surface area contributed by atoms with Crippen LogP contribution in [0.4, 0.5) is 0 Å². The Morgan fingerprint density at radius 3 is 3.00 bits per heavy atom. The van der Waals surface area contributed by atoms with Gasteiger partial charge in [-0.1, -0.05) is 6.92 Å². The van der Waals surface area contributed by atoms with Crippen LogP contribution in [0.15, 0.2) is 22.7 Å². The Morgan fingerprint density at radius 2 is 2.25 bits per heavy atom. The van der Waals surface area contributed by atoms with Gasteiger partial charge in [0.05, 0.1) is 7.05 Å². The SMILES string of the molecule is CCc1n2c(ccc3oc(C)nc32)c[n+]1C. The third kappa shape index (κ3) is 1.10. The number of hydrogen-bond donors (Lipinski definition) is 0. The predicted molar refractivity (Wildman–Crippen MR) is 60.3 cm³/mol. The molecule has 4 nitrogen and oxygen atoms in total. The van der Waals surface area contributed by atoms with Crippen LogP contribution in [0.2, 0.25) is 0 Å². The van der Waals surface area contributed by atoms with Gasteiger partial charge in [0.2, 0.25) is 0 Å². The van der Waals surface area contributed by atoms with Crippen LogP contribution < -0.4 is 4.57 Å². The second-order valence-electron chi connectivity index (χ2n) is 4.02. The van der Waals surface area contributed by atoms with Gasteiger partial charge in [0, 0.05) is 13.3 Å². The van der Waals surface area contributed by atoms with E-state index in [4.69, 9.17) is 4.42 Å². The van der Waals surface area contributed by atoms with Crippen molar-refractivity contribution in [3.8, 4) is 0 Å². The van der Waals surface area contributed by atoms with Gasteiger partial charge >= 0.3 is 0 Å². The zero-order valence-electron chi connectivity index (χ0n) is 9.69. The minimum atomic E-state index is 0.709. The van der Waals surface area contributed by atoms with Crippen molar-refractivity contribution in [2.75, 3.05) is 0 Å². The number of hydrogen-bond acceptors (Lipinski definition) is 2. The lowest BCUT2D eigenvalue weighted by Crippen LogP contribution is -2.30. The Bertz CT molecular complexity index is 678. The molecule has 0 fully saturated rings. The maximum Gasteiger partial charge on any atom is 0.272 e. The monoisotopic (exact) mass is 216 g/mol. The smallest absolute Gasteiger partial charge is 0.272 e. The van der Waals surface area contributed by atoms with Gasteiger partial charge in [0.15, 0.2) is 17.0 Å². The summed E-state index contributed by atoms with van der Waals surface area (Å²) in [5.74, 6) is 1.94. The van der Waals surface area contributed by atoms with Crippen LogP contribution in [-0.4, -0.2) is 9.38 Å². The number of nitrogens with zero attached hydrogens (tertiary/aromatic N) is 3. The molecule has 4 heteroatoms. The molecule has 0 aliphatic carbocycles. The number of aryl methyl sites for hydroxylation is 3. The van der Waals surface area contributed by atoms with Gasteiger partial charge in [-0.2, -0.15) is 9.38 Å². The van der Waals surface area contributed by atoms with Crippen molar-refractivity contribution in [1.29, 1.82) is 0 Å². The molecule has 0 atom stereocenters. The molecule has 0 aromatic carbocycles. The van der Waals surface area contributed by atoms with Crippen LogP contribution in [0.25, 0.3) is 16.7 Å². The number of fused-ring (bicyclic) bond motifs is 3. The number of aromatic nitrogens is 3. The standard InChI is InChI=1S/C12H14N3O/c1-4-11-14(3)7-9-5-6-10-12(15(9)11)13-8(2)16-10/h5-7H,4H2,1-3H3/q+1. The van der Waals surface area contributed by atoms with Crippen molar-refractivity contribution < 1.29 is 8.98 Å². The second kappa shape index (κ2) is 3.07. The average molecular weight is 216 g/mol. The fourth-order valence-electron chi connectivity index (χ4n) is 2.27. The number of imidazole rings is 1. The summed E-state index contributed by atoms with van der Waals surface area (Å²) in [5, 5.41) is 0. The molecule has 0 spiro atoms. The fraction of sp³-hybridized carbons (Fsp3) is 0.333. The summed E-state index contributed by atoms with van der Waals surface area (Å²) >= 11 is 0. The van der Waals surface area contributed by atoms with E-state index in [0.717, 1.165) is 23.2 Å². The predicted octanol–water partition coefficient (Wildman–Crippen LogP) is 1.78. The molecule has 0 saturated heterocycles. The molecular weight excluding hydrogens is 202 g/mol. The molecule has 0 saturated carbocycles. The molecule has 3 aromatic rings. The highest BCUT2D eigenvalue weighted by Crippen LogP contribution is 2.18. The summed E-state index contributed by atoms with van der Waals surface area (Å²) < 4.78 is 9.84. The minimum Gasteiger partial charge on any atom is -0.437 e. The molecule has 0 N–H and O–H groups in total. The number of oxazole rings is 1. The van der Waals surface area contributed by atoms with Crippen molar-refractivity contribution >= 4 is 16.7 Å². The van der Waals surface area contributed by atoms with Gasteiger partial charge in [-0.25, -0.2) is 4.57 Å². The van der Waals surface area contributed by atoms with Crippen molar-refractivity contribution in [1.82, 2.24) is 9.38 Å². The summed E-state index contributed by atoms with van der Waals surface area (Å²) in [6, 6.07) is 4.04. The summed E-state index contributed by atoms with van der Waals surface area (Å²) in [6.45, 7) is 4.02. The fourth-order valence-corrected chi connectivity index (χ4v) is 2.27. The first-order valence-electron chi connectivity index (χ1n) is 5.47. The average Bonchev–Trinajstić information content (AvgIpc) is 2.75. The van der Waals surface area contributed by atoms with Crippen molar-refractivity contribution in [3.05, 3.63) is 30.0 Å². The third-order valence-corrected chi connectivity index (χ3v) is 2.92. The molecule has 0 amide bonds. The number of rotatable bonds is 1. The van der Waals surface area contributed by atoms with E-state index >= 15 is 0 Å². The van der Waals surface area contributed by atoms with E-state index in [1.54, 1.807) is 0 Å². The molecule has 16 heavy (non-hydrogen) atoms. The Morgan fingerprint density at radius 1 is 1.44 bits per heavy atom. The lowest BCUT2D eigenvalue weighted by molar-refractivity contribution is -0.677. The van der Waals surface area contributed by atoms with Crippen LogP contribution in [0, 0.1) is 6.92 Å². The van der Waals surface area contributed by atoms with E-state index in [1.165, 1.54) is 5.82 Å². The summed E-state index contributed by atoms with van der Waals surface area (Å²) in [7, 11) is 2.06. The van der Waals surface area contributed by atoms with Crippen molar-refractivity contribution in [2.24, 2.45) is 7.05 Å². The lowest BCUT2D eigenvalue weighted by Gasteiger charge is -1.92. The van der Waals surface area contributed by atoms with Gasteiger partial charge in [-0.05, 0) is 12.1 Å². The molecule has 0 aliphatic heterocycles. The highest BCUT2D eigenvalue weighted by atomic mass is 16.3. The van der Waals surface area contributed by atoms with E-state index in [-0.39, 0.29) is 0 Å². The summed E-state index contributed by atoms with van der Waals surface area (Å²) in [6.07, 6.45) is 3.08. The Balaban J connectivity index is 2.56. The maximum atomic E-state index is 5.54. The van der Waals surface area contributed by atoms with Crippen LogP contribution in [-0.2, 0) is 13.5 Å². The third-order valence-electron chi connectivity index (χ3n) is 2.92. The van der Waals surface area contributed by atoms with Gasteiger partial charge in [0.1, 0.15) is 6.20 Å². The van der Waals surface area contributed by atoms with Crippen LogP contribution in [0.1, 0.15) is 18.6 Å². The molecule has 0 radical (unpaired) electrons.